The molecule has 1 saturated carbocycles. The summed E-state index contributed by atoms with van der Waals surface area (Å²) in [6.45, 7) is 1.45. The molecule has 1 aliphatic carbocycles. The van der Waals surface area contributed by atoms with E-state index in [1.54, 1.807) is 24.9 Å². The lowest BCUT2D eigenvalue weighted by molar-refractivity contribution is 0.309. The molecule has 0 saturated heterocycles. The van der Waals surface area contributed by atoms with Gasteiger partial charge in [0, 0.05) is 35.0 Å². The molecular weight excluding hydrogens is 282 g/mol. The molecule has 19 heavy (non-hydrogen) atoms. The Kier molecular flexibility index (Phi) is 5.67. The molecule has 1 aliphatic rings. The fourth-order valence-electron chi connectivity index (χ4n) is 1.84. The van der Waals surface area contributed by atoms with Gasteiger partial charge in [-0.15, -0.1) is 0 Å². The molecule has 1 N–H and O–H groups in total. The summed E-state index contributed by atoms with van der Waals surface area (Å²) in [4.78, 5) is 0. The van der Waals surface area contributed by atoms with E-state index in [4.69, 9.17) is 21.1 Å². The quantitative estimate of drug-likeness (QED) is 0.746. The third-order valence-electron chi connectivity index (χ3n) is 3.01. The van der Waals surface area contributed by atoms with E-state index in [1.807, 2.05) is 6.07 Å². The van der Waals surface area contributed by atoms with Crippen LogP contribution in [0.1, 0.15) is 18.4 Å². The van der Waals surface area contributed by atoms with Gasteiger partial charge in [0.2, 0.25) is 0 Å². The molecule has 2 rings (SSSR count). The van der Waals surface area contributed by atoms with Crippen LogP contribution in [0.5, 0.6) is 11.5 Å². The van der Waals surface area contributed by atoms with Gasteiger partial charge in [-0.05, 0) is 25.2 Å². The van der Waals surface area contributed by atoms with E-state index in [1.165, 1.54) is 12.8 Å². The van der Waals surface area contributed by atoms with Gasteiger partial charge in [-0.1, -0.05) is 11.6 Å². The predicted molar refractivity (Wildman–Crippen MR) is 81.7 cm³/mol. The summed E-state index contributed by atoms with van der Waals surface area (Å²) in [7, 11) is 1.64. The molecule has 0 aliphatic heterocycles. The molecule has 5 heteroatoms. The topological polar surface area (TPSA) is 30.5 Å². The number of halogens is 1. The molecule has 0 atom stereocenters. The Morgan fingerprint density at radius 1 is 1.42 bits per heavy atom. The van der Waals surface area contributed by atoms with Gasteiger partial charge in [0.1, 0.15) is 0 Å². The molecule has 0 radical (unpaired) electrons. The van der Waals surface area contributed by atoms with Gasteiger partial charge in [-0.25, -0.2) is 0 Å². The zero-order chi connectivity index (χ0) is 13.7. The van der Waals surface area contributed by atoms with Crippen LogP contribution in [0.4, 0.5) is 0 Å². The van der Waals surface area contributed by atoms with Crippen LogP contribution in [0, 0.1) is 0 Å². The Balaban J connectivity index is 2.12. The van der Waals surface area contributed by atoms with Gasteiger partial charge >= 0.3 is 0 Å². The minimum Gasteiger partial charge on any atom is -0.493 e. The fourth-order valence-corrected chi connectivity index (χ4v) is 2.32. The summed E-state index contributed by atoms with van der Waals surface area (Å²) in [5.74, 6) is 2.48. The van der Waals surface area contributed by atoms with Gasteiger partial charge < -0.3 is 14.8 Å². The molecule has 106 valence electrons. The van der Waals surface area contributed by atoms with E-state index in [9.17, 15) is 0 Å². The highest BCUT2D eigenvalue weighted by atomic mass is 35.5. The Morgan fingerprint density at radius 3 is 2.84 bits per heavy atom. The van der Waals surface area contributed by atoms with Crippen LogP contribution >= 0.6 is 23.4 Å². The third kappa shape index (κ3) is 4.48. The fraction of sp³-hybridized carbons (Fsp3) is 0.571. The second-order valence-corrected chi connectivity index (χ2v) is 6.01. The Bertz CT molecular complexity index is 424. The Labute approximate surface area is 124 Å². The Morgan fingerprint density at radius 2 is 2.21 bits per heavy atom. The first kappa shape index (κ1) is 14.8. The maximum Gasteiger partial charge on any atom is 0.165 e. The van der Waals surface area contributed by atoms with E-state index in [-0.39, 0.29) is 0 Å². The third-order valence-corrected chi connectivity index (χ3v) is 3.80. The van der Waals surface area contributed by atoms with E-state index in [0.717, 1.165) is 23.6 Å². The largest absolute Gasteiger partial charge is 0.493 e. The second-order valence-electron chi connectivity index (χ2n) is 4.59. The van der Waals surface area contributed by atoms with Crippen molar-refractivity contribution in [1.29, 1.82) is 0 Å². The van der Waals surface area contributed by atoms with Crippen LogP contribution in [0.25, 0.3) is 0 Å². The van der Waals surface area contributed by atoms with E-state index >= 15 is 0 Å². The number of thioether (sulfide) groups is 1. The van der Waals surface area contributed by atoms with Gasteiger partial charge in [-0.2, -0.15) is 11.8 Å². The summed E-state index contributed by atoms with van der Waals surface area (Å²) >= 11 is 7.89. The average molecular weight is 302 g/mol. The van der Waals surface area contributed by atoms with Gasteiger partial charge in [0.25, 0.3) is 0 Å². The first-order chi connectivity index (χ1) is 9.24. The monoisotopic (exact) mass is 301 g/mol. The number of methoxy groups -OCH3 is 1. The van der Waals surface area contributed by atoms with E-state index in [0.29, 0.717) is 23.4 Å². The van der Waals surface area contributed by atoms with Crippen LogP contribution in [-0.4, -0.2) is 31.8 Å². The minimum absolute atomic E-state index is 0.657. The molecule has 0 unspecified atom stereocenters. The van der Waals surface area contributed by atoms with Crippen LogP contribution in [0.3, 0.4) is 0 Å². The van der Waals surface area contributed by atoms with Crippen LogP contribution in [-0.2, 0) is 6.54 Å². The standard InChI is InChI=1S/C14H20ClNO2S/c1-17-13-8-11(15)7-10(9-16-12-3-4-12)14(13)18-5-6-19-2/h7-8,12,16H,3-6,9H2,1-2H3. The van der Waals surface area contributed by atoms with Crippen LogP contribution in [0.2, 0.25) is 5.02 Å². The van der Waals surface area contributed by atoms with Crippen molar-refractivity contribution in [2.75, 3.05) is 25.7 Å². The SMILES string of the molecule is COc1cc(Cl)cc(CNC2CC2)c1OCCSC. The lowest BCUT2D eigenvalue weighted by atomic mass is 10.2. The number of nitrogens with one attached hydrogen (secondary N) is 1. The molecule has 1 fully saturated rings. The average Bonchev–Trinajstić information content (AvgIpc) is 3.22. The highest BCUT2D eigenvalue weighted by Gasteiger charge is 2.21. The van der Waals surface area contributed by atoms with Gasteiger partial charge in [0.15, 0.2) is 11.5 Å². The van der Waals surface area contributed by atoms with Crippen molar-refractivity contribution in [3.8, 4) is 11.5 Å². The van der Waals surface area contributed by atoms with Crippen LogP contribution in [0.15, 0.2) is 12.1 Å². The summed E-state index contributed by atoms with van der Waals surface area (Å²) in [6.07, 6.45) is 4.60. The van der Waals surface area contributed by atoms with Gasteiger partial charge in [-0.3, -0.25) is 0 Å². The maximum absolute atomic E-state index is 6.13. The maximum atomic E-state index is 6.13. The van der Waals surface area contributed by atoms with Crippen molar-refractivity contribution >= 4 is 23.4 Å². The second kappa shape index (κ2) is 7.27. The summed E-state index contributed by atoms with van der Waals surface area (Å²) in [5, 5.41) is 4.16. The molecule has 0 heterocycles. The number of benzene rings is 1. The summed E-state index contributed by atoms with van der Waals surface area (Å²) < 4.78 is 11.2. The van der Waals surface area contributed by atoms with Gasteiger partial charge in [0.05, 0.1) is 13.7 Å². The highest BCUT2D eigenvalue weighted by Crippen LogP contribution is 2.35. The molecule has 1 aromatic carbocycles. The summed E-state index contributed by atoms with van der Waals surface area (Å²) in [6, 6.07) is 4.41. The number of hydrogen-bond acceptors (Lipinski definition) is 4. The van der Waals surface area contributed by atoms with Crippen molar-refractivity contribution in [2.45, 2.75) is 25.4 Å². The predicted octanol–water partition coefficient (Wildman–Crippen LogP) is 3.34. The number of ether oxygens (including phenoxy) is 2. The van der Waals surface area contributed by atoms with Crippen molar-refractivity contribution in [2.24, 2.45) is 0 Å². The molecule has 0 bridgehead atoms. The molecule has 0 amide bonds. The lowest BCUT2D eigenvalue weighted by Gasteiger charge is -2.16. The lowest BCUT2D eigenvalue weighted by Crippen LogP contribution is -2.16. The number of hydrogen-bond donors (Lipinski definition) is 1. The molecule has 0 spiro atoms. The summed E-state index contributed by atoms with van der Waals surface area (Å²) in [5.41, 5.74) is 1.07. The first-order valence-electron chi connectivity index (χ1n) is 6.46. The highest BCUT2D eigenvalue weighted by molar-refractivity contribution is 7.98. The molecule has 1 aromatic rings. The van der Waals surface area contributed by atoms with Crippen molar-refractivity contribution < 1.29 is 9.47 Å². The zero-order valence-electron chi connectivity index (χ0n) is 11.4. The smallest absolute Gasteiger partial charge is 0.165 e. The molecular formula is C14H20ClNO2S. The molecule has 0 aromatic heterocycles. The first-order valence-corrected chi connectivity index (χ1v) is 8.23. The van der Waals surface area contributed by atoms with Crippen molar-refractivity contribution in [1.82, 2.24) is 5.32 Å². The van der Waals surface area contributed by atoms with Crippen molar-refractivity contribution in [3.05, 3.63) is 22.7 Å². The van der Waals surface area contributed by atoms with Crippen LogP contribution < -0.4 is 14.8 Å². The Hall–Kier alpha value is -0.580. The molecule has 3 nitrogen and oxygen atoms in total. The van der Waals surface area contributed by atoms with E-state index < -0.39 is 0 Å². The van der Waals surface area contributed by atoms with E-state index in [2.05, 4.69) is 11.6 Å². The number of rotatable bonds is 8. The normalized spacial score (nSPS) is 14.5. The van der Waals surface area contributed by atoms with Crippen molar-refractivity contribution in [3.63, 3.8) is 0 Å². The minimum atomic E-state index is 0.657. The zero-order valence-corrected chi connectivity index (χ0v) is 12.9.